The first-order chi connectivity index (χ1) is 11.1. The van der Waals surface area contributed by atoms with Crippen LogP contribution in [-0.4, -0.2) is 14.4 Å². The van der Waals surface area contributed by atoms with E-state index in [2.05, 4.69) is 16.0 Å². The molecule has 3 aromatic heterocycles. The first-order valence-electron chi connectivity index (χ1n) is 7.42. The highest BCUT2D eigenvalue weighted by atomic mass is 35.5. The monoisotopic (exact) mass is 360 g/mol. The van der Waals surface area contributed by atoms with Gasteiger partial charge in [0.05, 0.1) is 11.3 Å². The van der Waals surface area contributed by atoms with Crippen molar-refractivity contribution in [1.29, 1.82) is 5.26 Å². The molecule has 1 aliphatic rings. The molecule has 0 fully saturated rings. The highest BCUT2D eigenvalue weighted by Gasteiger charge is 2.25. The number of fused-ring (bicyclic) bond motifs is 2. The molecule has 3 heterocycles. The van der Waals surface area contributed by atoms with Crippen molar-refractivity contribution in [3.63, 3.8) is 0 Å². The minimum Gasteiger partial charge on any atom is -0.349 e. The van der Waals surface area contributed by atoms with Gasteiger partial charge in [-0.15, -0.1) is 11.3 Å². The van der Waals surface area contributed by atoms with Crippen LogP contribution in [0.5, 0.6) is 0 Å². The number of nitrogens with one attached hydrogen (secondary N) is 1. The normalized spacial score (nSPS) is 14.0. The van der Waals surface area contributed by atoms with Crippen molar-refractivity contribution in [2.24, 2.45) is 0 Å². The van der Waals surface area contributed by atoms with Crippen molar-refractivity contribution in [1.82, 2.24) is 14.4 Å². The summed E-state index contributed by atoms with van der Waals surface area (Å²) in [7, 11) is 0. The van der Waals surface area contributed by atoms with Gasteiger partial charge in [-0.3, -0.25) is 4.40 Å². The number of hydrogen-bond acceptors (Lipinski definition) is 4. The van der Waals surface area contributed by atoms with Crippen LogP contribution in [0.4, 0.5) is 0 Å². The Balaban J connectivity index is 2.18. The number of halogens is 1. The fourth-order valence-electron chi connectivity index (χ4n) is 3.34. The fraction of sp³-hybridized carbons (Fsp3) is 0.312. The second-order valence-electron chi connectivity index (χ2n) is 5.73. The predicted octanol–water partition coefficient (Wildman–Crippen LogP) is 4.83. The van der Waals surface area contributed by atoms with Gasteiger partial charge in [-0.25, -0.2) is 4.98 Å². The topological polar surface area (TPSA) is 56.9 Å². The van der Waals surface area contributed by atoms with E-state index in [4.69, 9.17) is 23.8 Å². The molecule has 116 valence electrons. The third kappa shape index (κ3) is 2.15. The zero-order valence-electron chi connectivity index (χ0n) is 12.4. The number of thiazole rings is 1. The molecule has 1 aliphatic carbocycles. The van der Waals surface area contributed by atoms with Crippen molar-refractivity contribution >= 4 is 40.1 Å². The average Bonchev–Trinajstić information content (AvgIpc) is 3.05. The molecule has 0 atom stereocenters. The number of H-pyrrole nitrogens is 1. The van der Waals surface area contributed by atoms with Gasteiger partial charge >= 0.3 is 0 Å². The summed E-state index contributed by atoms with van der Waals surface area (Å²) in [4.78, 5) is 8.55. The molecule has 23 heavy (non-hydrogen) atoms. The number of hydrogen-bond donors (Lipinski definition) is 1. The summed E-state index contributed by atoms with van der Waals surface area (Å²) in [5, 5.41) is 12.2. The summed E-state index contributed by atoms with van der Waals surface area (Å²) in [5.41, 5.74) is 5.52. The van der Waals surface area contributed by atoms with Crippen LogP contribution in [-0.2, 0) is 12.8 Å². The molecule has 0 amide bonds. The second-order valence-corrected chi connectivity index (χ2v) is 7.33. The van der Waals surface area contributed by atoms with E-state index < -0.39 is 0 Å². The zero-order valence-corrected chi connectivity index (χ0v) is 14.8. The maximum Gasteiger partial charge on any atom is 0.195 e. The highest BCUT2D eigenvalue weighted by molar-refractivity contribution is 7.71. The number of rotatable bonds is 1. The van der Waals surface area contributed by atoms with Crippen LogP contribution < -0.4 is 0 Å². The van der Waals surface area contributed by atoms with Crippen LogP contribution in [0.25, 0.3) is 16.2 Å². The molecule has 1 N–H and O–H groups in total. The number of aryl methyl sites for hydroxylation is 2. The first kappa shape index (κ1) is 14.9. The molecule has 0 aliphatic heterocycles. The lowest BCUT2D eigenvalue weighted by atomic mass is 9.89. The van der Waals surface area contributed by atoms with E-state index in [0.717, 1.165) is 58.9 Å². The van der Waals surface area contributed by atoms with Crippen molar-refractivity contribution < 1.29 is 0 Å². The summed E-state index contributed by atoms with van der Waals surface area (Å²) < 4.78 is 2.52. The van der Waals surface area contributed by atoms with Crippen molar-refractivity contribution in [2.45, 2.75) is 32.6 Å². The molecule has 0 unspecified atom stereocenters. The molecule has 0 saturated heterocycles. The Labute approximate surface area is 147 Å². The van der Waals surface area contributed by atoms with Gasteiger partial charge in [-0.1, -0.05) is 23.8 Å². The second kappa shape index (κ2) is 5.45. The van der Waals surface area contributed by atoms with Crippen LogP contribution in [0.2, 0.25) is 5.15 Å². The number of pyridine rings is 1. The smallest absolute Gasteiger partial charge is 0.195 e. The predicted molar refractivity (Wildman–Crippen MR) is 94.8 cm³/mol. The maximum absolute atomic E-state index is 9.68. The Morgan fingerprint density at radius 2 is 2.22 bits per heavy atom. The van der Waals surface area contributed by atoms with E-state index in [0.29, 0.717) is 15.4 Å². The largest absolute Gasteiger partial charge is 0.349 e. The van der Waals surface area contributed by atoms with Gasteiger partial charge in [-0.05, 0) is 38.2 Å². The van der Waals surface area contributed by atoms with E-state index in [-0.39, 0.29) is 0 Å². The Hall–Kier alpha value is -1.68. The molecule has 0 bridgehead atoms. The minimum atomic E-state index is 0.435. The Morgan fingerprint density at radius 3 is 3.00 bits per heavy atom. The molecule has 3 aromatic rings. The number of nitriles is 1. The molecular weight excluding hydrogens is 348 g/mol. The van der Waals surface area contributed by atoms with Crippen LogP contribution >= 0.6 is 35.2 Å². The molecule has 0 radical (unpaired) electrons. The lowest BCUT2D eigenvalue weighted by Crippen LogP contribution is -2.10. The van der Waals surface area contributed by atoms with Crippen molar-refractivity contribution in [3.8, 4) is 17.3 Å². The fourth-order valence-corrected chi connectivity index (χ4v) is 4.78. The Morgan fingerprint density at radius 1 is 1.43 bits per heavy atom. The summed E-state index contributed by atoms with van der Waals surface area (Å²) in [6, 6.07) is 2.27. The molecule has 7 heteroatoms. The standard InChI is InChI=1S/C16H13ClN4S2/c1-8-7-23-16-20-14(17)13(21(8)16)12-9-4-2-3-5-11(9)19-15(22)10(12)6-18/h7H,2-5H2,1H3,(H,19,22). The van der Waals surface area contributed by atoms with Gasteiger partial charge in [-0.2, -0.15) is 5.26 Å². The van der Waals surface area contributed by atoms with Gasteiger partial charge in [0.2, 0.25) is 0 Å². The molecule has 4 nitrogen and oxygen atoms in total. The zero-order chi connectivity index (χ0) is 16.1. The van der Waals surface area contributed by atoms with Crippen molar-refractivity contribution in [3.05, 3.63) is 37.7 Å². The minimum absolute atomic E-state index is 0.435. The molecule has 0 saturated carbocycles. The van der Waals surface area contributed by atoms with E-state index >= 15 is 0 Å². The third-order valence-corrected chi connectivity index (χ3v) is 5.86. The third-order valence-electron chi connectivity index (χ3n) is 4.35. The summed E-state index contributed by atoms with van der Waals surface area (Å²) in [6.07, 6.45) is 4.13. The number of aromatic amines is 1. The van der Waals surface area contributed by atoms with E-state index in [1.165, 1.54) is 0 Å². The molecule has 0 aromatic carbocycles. The van der Waals surface area contributed by atoms with E-state index in [1.54, 1.807) is 11.3 Å². The lowest BCUT2D eigenvalue weighted by Gasteiger charge is -2.20. The Bertz CT molecular complexity index is 1040. The highest BCUT2D eigenvalue weighted by Crippen LogP contribution is 2.39. The van der Waals surface area contributed by atoms with Crippen molar-refractivity contribution in [2.75, 3.05) is 0 Å². The Kier molecular flexibility index (Phi) is 3.52. The van der Waals surface area contributed by atoms with E-state index in [9.17, 15) is 5.26 Å². The van der Waals surface area contributed by atoms with Gasteiger partial charge in [0, 0.05) is 22.3 Å². The number of aromatic nitrogens is 3. The quantitative estimate of drug-likeness (QED) is 0.632. The summed E-state index contributed by atoms with van der Waals surface area (Å²) in [6.45, 7) is 2.02. The summed E-state index contributed by atoms with van der Waals surface area (Å²) in [5.74, 6) is 0. The van der Waals surface area contributed by atoms with Gasteiger partial charge in [0.15, 0.2) is 10.1 Å². The SMILES string of the molecule is Cc1csc2nc(Cl)c(-c3c4c([nH]c(=S)c3C#N)CCCC4)n12. The first-order valence-corrected chi connectivity index (χ1v) is 9.09. The number of nitrogens with zero attached hydrogens (tertiary/aromatic N) is 3. The molecule has 4 rings (SSSR count). The lowest BCUT2D eigenvalue weighted by molar-refractivity contribution is 0.667. The van der Waals surface area contributed by atoms with Gasteiger partial charge < -0.3 is 4.98 Å². The van der Waals surface area contributed by atoms with Gasteiger partial charge in [0.25, 0.3) is 0 Å². The van der Waals surface area contributed by atoms with Crippen LogP contribution in [0.3, 0.4) is 0 Å². The van der Waals surface area contributed by atoms with Crippen LogP contribution in [0.15, 0.2) is 5.38 Å². The molecule has 0 spiro atoms. The van der Waals surface area contributed by atoms with Gasteiger partial charge in [0.1, 0.15) is 10.7 Å². The van der Waals surface area contributed by atoms with Crippen LogP contribution in [0.1, 0.15) is 35.4 Å². The van der Waals surface area contributed by atoms with E-state index in [1.807, 2.05) is 16.7 Å². The maximum atomic E-state index is 9.68. The molecular formula is C16H13ClN4S2. The summed E-state index contributed by atoms with van der Waals surface area (Å²) >= 11 is 13.4. The average molecular weight is 361 g/mol. The number of imidazole rings is 1. The van der Waals surface area contributed by atoms with Crippen LogP contribution in [0, 0.1) is 22.9 Å².